The first-order valence-electron chi connectivity index (χ1n) is 3.21. The van der Waals surface area contributed by atoms with Gasteiger partial charge in [0, 0.05) is 12.0 Å². The van der Waals surface area contributed by atoms with Gasteiger partial charge < -0.3 is 10.4 Å². The van der Waals surface area contributed by atoms with Crippen LogP contribution in [0.3, 0.4) is 0 Å². The lowest BCUT2D eigenvalue weighted by Gasteiger charge is -2.19. The second-order valence-electron chi connectivity index (χ2n) is 3.11. The average Bonchev–Trinajstić information content (AvgIpc) is 2.08. The van der Waals surface area contributed by atoms with Gasteiger partial charge in [0.15, 0.2) is 0 Å². The topological polar surface area (TPSA) is 32.3 Å². The van der Waals surface area contributed by atoms with Crippen LogP contribution in [0.15, 0.2) is 0 Å². The van der Waals surface area contributed by atoms with E-state index in [4.69, 9.17) is 5.11 Å². The zero-order valence-corrected chi connectivity index (χ0v) is 7.05. The first kappa shape index (κ1) is 11.1. The Bertz CT molecular complexity index is 145. The van der Waals surface area contributed by atoms with Gasteiger partial charge in [-0.3, -0.25) is 0 Å². The van der Waals surface area contributed by atoms with E-state index in [1.165, 1.54) is 0 Å². The third-order valence-corrected chi connectivity index (χ3v) is 1.77. The zero-order chi connectivity index (χ0) is 7.83. The molecule has 0 saturated carbocycles. The molecule has 0 bridgehead atoms. The summed E-state index contributed by atoms with van der Waals surface area (Å²) in [4.78, 5) is 0. The molecule has 0 aromatic heterocycles. The Kier molecular flexibility index (Phi) is 3.23. The van der Waals surface area contributed by atoms with E-state index < -0.39 is 11.5 Å². The van der Waals surface area contributed by atoms with E-state index in [1.54, 1.807) is 6.92 Å². The van der Waals surface area contributed by atoms with Gasteiger partial charge in [0.25, 0.3) is 5.92 Å². The lowest BCUT2D eigenvalue weighted by Crippen LogP contribution is -2.39. The first-order chi connectivity index (χ1) is 4.47. The predicted octanol–water partition coefficient (Wildman–Crippen LogP) is 0.788. The molecular formula is C6H12ClF2NO. The molecule has 1 saturated heterocycles. The first-order valence-corrected chi connectivity index (χ1v) is 3.21. The average molecular weight is 188 g/mol. The van der Waals surface area contributed by atoms with E-state index in [9.17, 15) is 8.78 Å². The summed E-state index contributed by atoms with van der Waals surface area (Å²) in [6.45, 7) is 1.04. The molecule has 0 aromatic carbocycles. The molecule has 1 unspecified atom stereocenters. The number of hydrogen-bond donors (Lipinski definition) is 2. The number of aliphatic hydroxyl groups excluding tert-OH is 1. The van der Waals surface area contributed by atoms with Gasteiger partial charge in [-0.2, -0.15) is 0 Å². The summed E-state index contributed by atoms with van der Waals surface area (Å²) in [5.74, 6) is -2.64. The van der Waals surface area contributed by atoms with Crippen LogP contribution in [0.5, 0.6) is 0 Å². The molecule has 0 aromatic rings. The van der Waals surface area contributed by atoms with Crippen molar-refractivity contribution < 1.29 is 13.9 Å². The van der Waals surface area contributed by atoms with Gasteiger partial charge in [0.1, 0.15) is 0 Å². The number of rotatable bonds is 1. The summed E-state index contributed by atoms with van der Waals surface area (Å²) in [6.07, 6.45) is -0.267. The number of hydrogen-bond acceptors (Lipinski definition) is 2. The second-order valence-corrected chi connectivity index (χ2v) is 3.11. The molecule has 2 nitrogen and oxygen atoms in total. The van der Waals surface area contributed by atoms with Gasteiger partial charge in [0.2, 0.25) is 0 Å². The fourth-order valence-electron chi connectivity index (χ4n) is 1.15. The fraction of sp³-hybridized carbons (Fsp3) is 1.00. The molecule has 1 rings (SSSR count). The van der Waals surface area contributed by atoms with Gasteiger partial charge in [0.05, 0.1) is 13.2 Å². The molecule has 0 radical (unpaired) electrons. The van der Waals surface area contributed by atoms with Gasteiger partial charge in [-0.15, -0.1) is 12.4 Å². The zero-order valence-electron chi connectivity index (χ0n) is 6.23. The predicted molar refractivity (Wildman–Crippen MR) is 40.3 cm³/mol. The minimum absolute atomic E-state index is 0. The highest BCUT2D eigenvalue weighted by molar-refractivity contribution is 5.85. The van der Waals surface area contributed by atoms with Crippen molar-refractivity contribution in [1.82, 2.24) is 5.32 Å². The summed E-state index contributed by atoms with van der Waals surface area (Å²) >= 11 is 0. The van der Waals surface area contributed by atoms with Crippen molar-refractivity contribution in [2.45, 2.75) is 24.8 Å². The van der Waals surface area contributed by atoms with Crippen LogP contribution in [-0.2, 0) is 0 Å². The Balaban J connectivity index is 0.000001000. The minimum atomic E-state index is -2.64. The molecule has 0 spiro atoms. The largest absolute Gasteiger partial charge is 0.394 e. The summed E-state index contributed by atoms with van der Waals surface area (Å²) < 4.78 is 24.9. The van der Waals surface area contributed by atoms with Crippen LogP contribution in [0.25, 0.3) is 0 Å². The third-order valence-electron chi connectivity index (χ3n) is 1.77. The van der Waals surface area contributed by atoms with Crippen molar-refractivity contribution in [1.29, 1.82) is 0 Å². The van der Waals surface area contributed by atoms with Gasteiger partial charge in [-0.25, -0.2) is 8.78 Å². The number of halogens is 3. The summed E-state index contributed by atoms with van der Waals surface area (Å²) in [5, 5.41) is 11.2. The maximum Gasteiger partial charge on any atom is 0.262 e. The van der Waals surface area contributed by atoms with E-state index in [0.717, 1.165) is 0 Å². The van der Waals surface area contributed by atoms with Gasteiger partial charge >= 0.3 is 0 Å². The third kappa shape index (κ3) is 2.54. The molecule has 0 amide bonds. The molecule has 5 heteroatoms. The lowest BCUT2D eigenvalue weighted by atomic mass is 10.0. The van der Waals surface area contributed by atoms with Crippen LogP contribution < -0.4 is 5.32 Å². The maximum absolute atomic E-state index is 12.5. The Labute approximate surface area is 70.4 Å². The molecule has 68 valence electrons. The SMILES string of the molecule is CC1(CO)CC(F)(F)CN1.Cl. The molecule has 1 atom stereocenters. The summed E-state index contributed by atoms with van der Waals surface area (Å²) in [5.41, 5.74) is -0.774. The highest BCUT2D eigenvalue weighted by atomic mass is 35.5. The summed E-state index contributed by atoms with van der Waals surface area (Å²) in [6, 6.07) is 0. The maximum atomic E-state index is 12.5. The quantitative estimate of drug-likeness (QED) is 0.636. The van der Waals surface area contributed by atoms with Crippen LogP contribution >= 0.6 is 12.4 Å². The van der Waals surface area contributed by atoms with Crippen molar-refractivity contribution in [2.24, 2.45) is 0 Å². The van der Waals surface area contributed by atoms with Gasteiger partial charge in [-0.1, -0.05) is 0 Å². The van der Waals surface area contributed by atoms with Gasteiger partial charge in [-0.05, 0) is 6.92 Å². The summed E-state index contributed by atoms with van der Waals surface area (Å²) in [7, 11) is 0. The van der Waals surface area contributed by atoms with Crippen molar-refractivity contribution in [3.05, 3.63) is 0 Å². The van der Waals surface area contributed by atoms with Crippen LogP contribution in [0.1, 0.15) is 13.3 Å². The van der Waals surface area contributed by atoms with E-state index in [2.05, 4.69) is 5.32 Å². The van der Waals surface area contributed by atoms with Crippen molar-refractivity contribution in [2.75, 3.05) is 13.2 Å². The monoisotopic (exact) mass is 187 g/mol. The fourth-order valence-corrected chi connectivity index (χ4v) is 1.15. The van der Waals surface area contributed by atoms with Crippen LogP contribution in [-0.4, -0.2) is 29.7 Å². The smallest absolute Gasteiger partial charge is 0.262 e. The van der Waals surface area contributed by atoms with Crippen LogP contribution in [0, 0.1) is 0 Å². The van der Waals surface area contributed by atoms with Crippen LogP contribution in [0.2, 0.25) is 0 Å². The van der Waals surface area contributed by atoms with Crippen molar-refractivity contribution in [3.8, 4) is 0 Å². The van der Waals surface area contributed by atoms with E-state index in [0.29, 0.717) is 0 Å². The molecule has 2 N–H and O–H groups in total. The molecule has 1 aliphatic rings. The Morgan fingerprint density at radius 2 is 2.09 bits per heavy atom. The highest BCUT2D eigenvalue weighted by Gasteiger charge is 2.45. The highest BCUT2D eigenvalue weighted by Crippen LogP contribution is 2.31. The minimum Gasteiger partial charge on any atom is -0.394 e. The standard InChI is InChI=1S/C6H11F2NO.ClH/c1-5(4-10)2-6(7,8)3-9-5;/h9-10H,2-4H2,1H3;1H. The Morgan fingerprint density at radius 3 is 2.27 bits per heavy atom. The molecule has 11 heavy (non-hydrogen) atoms. The van der Waals surface area contributed by atoms with E-state index >= 15 is 0 Å². The second kappa shape index (κ2) is 3.21. The normalized spacial score (nSPS) is 34.9. The number of alkyl halides is 2. The van der Waals surface area contributed by atoms with Crippen molar-refractivity contribution >= 4 is 12.4 Å². The number of aliphatic hydroxyl groups is 1. The molecule has 1 fully saturated rings. The molecule has 0 aliphatic carbocycles. The Morgan fingerprint density at radius 1 is 1.55 bits per heavy atom. The number of nitrogens with one attached hydrogen (secondary N) is 1. The molecule has 1 aliphatic heterocycles. The molecule has 1 heterocycles. The van der Waals surface area contributed by atoms with Crippen LogP contribution in [0.4, 0.5) is 8.78 Å². The van der Waals surface area contributed by atoms with E-state index in [1.807, 2.05) is 0 Å². The molecular weight excluding hydrogens is 176 g/mol. The van der Waals surface area contributed by atoms with E-state index in [-0.39, 0.29) is 32.0 Å². The van der Waals surface area contributed by atoms with Crippen molar-refractivity contribution in [3.63, 3.8) is 0 Å². The lowest BCUT2D eigenvalue weighted by molar-refractivity contribution is 0.0127. The Hall–Kier alpha value is 0.0700.